The molecule has 3 rings (SSSR count). The molecule has 0 spiro atoms. The van der Waals surface area contributed by atoms with Crippen molar-refractivity contribution in [1.29, 1.82) is 0 Å². The molecule has 0 saturated heterocycles. The average Bonchev–Trinajstić information content (AvgIpc) is 2.74. The molecule has 150 valence electrons. The highest BCUT2D eigenvalue weighted by Gasteiger charge is 2.34. The molecule has 6 nitrogen and oxygen atoms in total. The first-order valence-corrected chi connectivity index (χ1v) is 9.82. The minimum Gasteiger partial charge on any atom is -0.490 e. The fourth-order valence-electron chi connectivity index (χ4n) is 2.67. The van der Waals surface area contributed by atoms with Gasteiger partial charge in [0.1, 0.15) is 22.9 Å². The molecule has 28 heavy (non-hydrogen) atoms. The molecule has 2 N–H and O–H groups in total. The SMILES string of the molecule is CC(C)[C@@H]1COc2c(ccc(F)c2C(=O)Nc2ccc(F)c(F)c2)S(=O)(=O)N1. The van der Waals surface area contributed by atoms with E-state index in [9.17, 15) is 26.4 Å². The van der Waals surface area contributed by atoms with Gasteiger partial charge in [0.2, 0.25) is 10.0 Å². The van der Waals surface area contributed by atoms with Crippen LogP contribution in [-0.2, 0) is 10.0 Å². The maximum atomic E-state index is 14.4. The molecular formula is C18H17F3N2O4S. The van der Waals surface area contributed by atoms with Crippen LogP contribution in [0.4, 0.5) is 18.9 Å². The van der Waals surface area contributed by atoms with Gasteiger partial charge in [0.05, 0.1) is 6.04 Å². The van der Waals surface area contributed by atoms with Crippen molar-refractivity contribution in [3.8, 4) is 5.75 Å². The van der Waals surface area contributed by atoms with Crippen LogP contribution >= 0.6 is 0 Å². The molecule has 0 saturated carbocycles. The van der Waals surface area contributed by atoms with Crippen molar-refractivity contribution >= 4 is 21.6 Å². The van der Waals surface area contributed by atoms with E-state index in [1.165, 1.54) is 0 Å². The molecule has 0 radical (unpaired) electrons. The summed E-state index contributed by atoms with van der Waals surface area (Å²) >= 11 is 0. The number of fused-ring (bicyclic) bond motifs is 1. The molecule has 10 heteroatoms. The lowest BCUT2D eigenvalue weighted by Crippen LogP contribution is -2.40. The Morgan fingerprint density at radius 1 is 1.14 bits per heavy atom. The number of anilines is 1. The van der Waals surface area contributed by atoms with E-state index in [2.05, 4.69) is 10.0 Å². The van der Waals surface area contributed by atoms with Crippen LogP contribution in [0.15, 0.2) is 35.2 Å². The van der Waals surface area contributed by atoms with Crippen LogP contribution in [0.3, 0.4) is 0 Å². The zero-order valence-corrected chi connectivity index (χ0v) is 15.7. The Bertz CT molecular complexity index is 1040. The third kappa shape index (κ3) is 3.83. The van der Waals surface area contributed by atoms with Gasteiger partial charge >= 0.3 is 0 Å². The second-order valence-electron chi connectivity index (χ2n) is 6.62. The first-order chi connectivity index (χ1) is 13.1. The number of sulfonamides is 1. The van der Waals surface area contributed by atoms with Gasteiger partial charge in [0.25, 0.3) is 5.91 Å². The van der Waals surface area contributed by atoms with Gasteiger partial charge in [-0.15, -0.1) is 0 Å². The summed E-state index contributed by atoms with van der Waals surface area (Å²) in [4.78, 5) is 12.2. The lowest BCUT2D eigenvalue weighted by Gasteiger charge is -2.18. The maximum absolute atomic E-state index is 14.4. The Morgan fingerprint density at radius 3 is 2.46 bits per heavy atom. The number of hydrogen-bond donors (Lipinski definition) is 2. The van der Waals surface area contributed by atoms with Crippen LogP contribution in [0.2, 0.25) is 0 Å². The summed E-state index contributed by atoms with van der Waals surface area (Å²) in [6.45, 7) is 3.45. The van der Waals surface area contributed by atoms with Gasteiger partial charge in [0, 0.05) is 11.8 Å². The number of carbonyl (C=O) groups is 1. The van der Waals surface area contributed by atoms with Crippen molar-refractivity contribution in [2.24, 2.45) is 5.92 Å². The predicted octanol–water partition coefficient (Wildman–Crippen LogP) is 3.05. The molecule has 1 aliphatic rings. The summed E-state index contributed by atoms with van der Waals surface area (Å²) in [5, 5.41) is 2.22. The number of hydrogen-bond acceptors (Lipinski definition) is 4. The van der Waals surface area contributed by atoms with Crippen molar-refractivity contribution in [2.45, 2.75) is 24.8 Å². The predicted molar refractivity (Wildman–Crippen MR) is 95.2 cm³/mol. The summed E-state index contributed by atoms with van der Waals surface area (Å²) in [5.41, 5.74) is -0.771. The van der Waals surface area contributed by atoms with Gasteiger partial charge in [-0.25, -0.2) is 26.3 Å². The highest BCUT2D eigenvalue weighted by molar-refractivity contribution is 7.89. The monoisotopic (exact) mass is 414 g/mol. The lowest BCUT2D eigenvalue weighted by atomic mass is 10.1. The average molecular weight is 414 g/mol. The standard InChI is InChI=1S/C18H17F3N2O4S/c1-9(2)14-8-27-17-15(28(25,26)23-14)6-5-12(20)16(17)18(24)22-10-3-4-11(19)13(21)7-10/h3-7,9,14,23H,8H2,1-2H3,(H,22,24)/t14-/m0/s1. The summed E-state index contributed by atoms with van der Waals surface area (Å²) in [6, 6.07) is 3.86. The Balaban J connectivity index is 2.03. The minimum atomic E-state index is -4.06. The van der Waals surface area contributed by atoms with Crippen LogP contribution in [-0.4, -0.2) is 27.0 Å². The first kappa shape index (κ1) is 20.2. The van der Waals surface area contributed by atoms with Crippen molar-refractivity contribution < 1.29 is 31.1 Å². The molecule has 2 aromatic carbocycles. The molecule has 1 heterocycles. The maximum Gasteiger partial charge on any atom is 0.262 e. The van der Waals surface area contributed by atoms with Crippen LogP contribution in [0.5, 0.6) is 5.75 Å². The fourth-order valence-corrected chi connectivity index (χ4v) is 4.19. The molecule has 1 amide bonds. The van der Waals surface area contributed by atoms with Crippen molar-refractivity contribution in [1.82, 2.24) is 4.72 Å². The van der Waals surface area contributed by atoms with Crippen molar-refractivity contribution in [2.75, 3.05) is 11.9 Å². The largest absolute Gasteiger partial charge is 0.490 e. The summed E-state index contributed by atoms with van der Waals surface area (Å²) in [7, 11) is -4.06. The van der Waals surface area contributed by atoms with E-state index in [-0.39, 0.29) is 23.1 Å². The van der Waals surface area contributed by atoms with E-state index in [0.29, 0.717) is 0 Å². The first-order valence-electron chi connectivity index (χ1n) is 8.34. The Hall–Kier alpha value is -2.59. The number of rotatable bonds is 3. The molecular weight excluding hydrogens is 397 g/mol. The highest BCUT2D eigenvalue weighted by atomic mass is 32.2. The molecule has 2 aromatic rings. The quantitative estimate of drug-likeness (QED) is 0.809. The number of amides is 1. The normalized spacial score (nSPS) is 18.1. The molecule has 0 unspecified atom stereocenters. The van der Waals surface area contributed by atoms with Gasteiger partial charge in [0.15, 0.2) is 17.4 Å². The lowest BCUT2D eigenvalue weighted by molar-refractivity contribution is 0.101. The number of halogens is 3. The topological polar surface area (TPSA) is 84.5 Å². The van der Waals surface area contributed by atoms with E-state index in [0.717, 1.165) is 30.3 Å². The highest BCUT2D eigenvalue weighted by Crippen LogP contribution is 2.33. The molecule has 1 atom stereocenters. The molecule has 1 aliphatic heterocycles. The summed E-state index contributed by atoms with van der Waals surface area (Å²) in [6.07, 6.45) is 0. The molecule has 0 aromatic heterocycles. The Kier molecular flexibility index (Phi) is 5.35. The Morgan fingerprint density at radius 2 is 1.82 bits per heavy atom. The number of ether oxygens (including phenoxy) is 1. The summed E-state index contributed by atoms with van der Waals surface area (Å²) in [5.74, 6) is -4.94. The van der Waals surface area contributed by atoms with Crippen molar-refractivity contribution in [3.05, 3.63) is 53.3 Å². The van der Waals surface area contributed by atoms with Crippen LogP contribution < -0.4 is 14.8 Å². The van der Waals surface area contributed by atoms with Crippen LogP contribution in [0.1, 0.15) is 24.2 Å². The van der Waals surface area contributed by atoms with Gasteiger partial charge in [-0.2, -0.15) is 0 Å². The summed E-state index contributed by atoms with van der Waals surface area (Å²) < 4.78 is 74.0. The second kappa shape index (κ2) is 7.44. The fraction of sp³-hybridized carbons (Fsp3) is 0.278. The number of nitrogens with one attached hydrogen (secondary N) is 2. The third-order valence-corrected chi connectivity index (χ3v) is 5.80. The van der Waals surface area contributed by atoms with Crippen LogP contribution in [0, 0.1) is 23.4 Å². The van der Waals surface area contributed by atoms with Gasteiger partial charge < -0.3 is 10.1 Å². The molecule has 0 bridgehead atoms. The van der Waals surface area contributed by atoms with Gasteiger partial charge in [-0.05, 0) is 30.2 Å². The number of carbonyl (C=O) groups excluding carboxylic acids is 1. The Labute approximate surface area is 159 Å². The molecule has 0 aliphatic carbocycles. The smallest absolute Gasteiger partial charge is 0.262 e. The number of benzene rings is 2. The van der Waals surface area contributed by atoms with Gasteiger partial charge in [-0.3, -0.25) is 4.79 Å². The third-order valence-electron chi connectivity index (χ3n) is 4.28. The van der Waals surface area contributed by atoms with Crippen LogP contribution in [0.25, 0.3) is 0 Å². The van der Waals surface area contributed by atoms with E-state index < -0.39 is 50.7 Å². The second-order valence-corrected chi connectivity index (χ2v) is 8.30. The van der Waals surface area contributed by atoms with E-state index in [1.54, 1.807) is 13.8 Å². The van der Waals surface area contributed by atoms with Crippen molar-refractivity contribution in [3.63, 3.8) is 0 Å². The zero-order chi connectivity index (χ0) is 20.6. The van der Waals surface area contributed by atoms with Gasteiger partial charge in [-0.1, -0.05) is 13.8 Å². The van der Waals surface area contributed by atoms with E-state index in [1.807, 2.05) is 0 Å². The molecule has 0 fully saturated rings. The zero-order valence-electron chi connectivity index (χ0n) is 14.9. The van der Waals surface area contributed by atoms with E-state index in [4.69, 9.17) is 4.74 Å². The van der Waals surface area contributed by atoms with E-state index >= 15 is 0 Å². The minimum absolute atomic E-state index is 0.112.